The summed E-state index contributed by atoms with van der Waals surface area (Å²) in [6.07, 6.45) is 3.35. The normalized spacial score (nSPS) is 14.2. The fraction of sp³-hybridized carbons (Fsp3) is 0.360. The first-order valence-electron chi connectivity index (χ1n) is 11.1. The Morgan fingerprint density at radius 2 is 1.94 bits per heavy atom. The maximum absolute atomic E-state index is 13.4. The summed E-state index contributed by atoms with van der Waals surface area (Å²) in [6, 6.07) is 9.35. The summed E-state index contributed by atoms with van der Waals surface area (Å²) < 4.78 is 17.0. The van der Waals surface area contributed by atoms with Gasteiger partial charge in [-0.15, -0.1) is 12.4 Å². The van der Waals surface area contributed by atoms with Crippen molar-refractivity contribution < 1.29 is 19.0 Å². The van der Waals surface area contributed by atoms with Crippen LogP contribution >= 0.6 is 35.3 Å². The van der Waals surface area contributed by atoms with Crippen LogP contribution in [-0.4, -0.2) is 69.4 Å². The predicted octanol–water partition coefficient (Wildman–Crippen LogP) is 5.08. The largest absolute Gasteiger partial charge is 0.493 e. The Kier molecular flexibility index (Phi) is 9.77. The predicted molar refractivity (Wildman–Crippen MR) is 145 cm³/mol. The lowest BCUT2D eigenvalue weighted by Crippen LogP contribution is -2.42. The molecule has 0 N–H and O–H groups in total. The second-order valence-electron chi connectivity index (χ2n) is 7.93. The molecule has 2 aromatic carbocycles. The number of rotatable bonds is 8. The molecule has 0 unspecified atom stereocenters. The van der Waals surface area contributed by atoms with Crippen LogP contribution < -0.4 is 14.4 Å². The second-order valence-corrected chi connectivity index (χ2v) is 9.31. The number of hydrogen-bond acceptors (Lipinski definition) is 7. The highest BCUT2D eigenvalue weighted by Gasteiger charge is 2.21. The molecule has 188 valence electrons. The van der Waals surface area contributed by atoms with Gasteiger partial charge in [0.15, 0.2) is 16.6 Å². The first-order chi connectivity index (χ1) is 16.5. The third-order valence-electron chi connectivity index (χ3n) is 5.75. The van der Waals surface area contributed by atoms with Crippen molar-refractivity contribution in [2.75, 3.05) is 58.5 Å². The molecule has 1 amide bonds. The molecule has 3 aromatic rings. The van der Waals surface area contributed by atoms with E-state index < -0.39 is 0 Å². The van der Waals surface area contributed by atoms with Gasteiger partial charge in [-0.25, -0.2) is 4.98 Å². The van der Waals surface area contributed by atoms with Crippen molar-refractivity contribution in [1.29, 1.82) is 0 Å². The number of amides is 1. The monoisotopic (exact) mass is 537 g/mol. The number of carbonyl (C=O) groups excluding carboxylic acids is 1. The number of hydrogen-bond donors (Lipinski definition) is 0. The van der Waals surface area contributed by atoms with Gasteiger partial charge >= 0.3 is 0 Å². The van der Waals surface area contributed by atoms with Gasteiger partial charge in [0.05, 0.1) is 42.7 Å². The molecule has 1 aliphatic heterocycles. The van der Waals surface area contributed by atoms with E-state index in [1.165, 1.54) is 11.3 Å². The highest BCUT2D eigenvalue weighted by molar-refractivity contribution is 7.23. The summed E-state index contributed by atoms with van der Waals surface area (Å²) in [6.45, 7) is 6.39. The van der Waals surface area contributed by atoms with Crippen molar-refractivity contribution in [1.82, 2.24) is 9.88 Å². The molecule has 1 fully saturated rings. The van der Waals surface area contributed by atoms with Crippen molar-refractivity contribution in [2.24, 2.45) is 0 Å². The molecule has 0 bridgehead atoms. The smallest absolute Gasteiger partial charge is 0.252 e. The van der Waals surface area contributed by atoms with Gasteiger partial charge in [0.25, 0.3) is 5.91 Å². The van der Waals surface area contributed by atoms with Gasteiger partial charge in [-0.2, -0.15) is 0 Å². The average molecular weight is 538 g/mol. The maximum atomic E-state index is 13.4. The number of aromatic nitrogens is 1. The van der Waals surface area contributed by atoms with Crippen molar-refractivity contribution in [3.8, 4) is 11.5 Å². The average Bonchev–Trinajstić information content (AvgIpc) is 3.32. The molecule has 1 aromatic heterocycles. The van der Waals surface area contributed by atoms with E-state index in [-0.39, 0.29) is 18.3 Å². The summed E-state index contributed by atoms with van der Waals surface area (Å²) >= 11 is 7.87. The molecule has 0 aliphatic carbocycles. The van der Waals surface area contributed by atoms with Crippen LogP contribution in [0.15, 0.2) is 36.4 Å². The lowest BCUT2D eigenvalue weighted by Gasteiger charge is -2.28. The van der Waals surface area contributed by atoms with E-state index in [1.54, 1.807) is 31.3 Å². The number of aryl methyl sites for hydroxylation is 1. The molecule has 1 saturated heterocycles. The fourth-order valence-corrected chi connectivity index (χ4v) is 5.13. The van der Waals surface area contributed by atoms with Gasteiger partial charge < -0.3 is 14.2 Å². The highest BCUT2D eigenvalue weighted by atomic mass is 35.5. The quantitative estimate of drug-likeness (QED) is 0.373. The zero-order chi connectivity index (χ0) is 24.1. The van der Waals surface area contributed by atoms with Gasteiger partial charge in [0.2, 0.25) is 0 Å². The van der Waals surface area contributed by atoms with Crippen molar-refractivity contribution in [3.05, 3.63) is 52.6 Å². The zero-order valence-electron chi connectivity index (χ0n) is 20.0. The molecule has 35 heavy (non-hydrogen) atoms. The van der Waals surface area contributed by atoms with Gasteiger partial charge in [-0.3, -0.25) is 14.6 Å². The Morgan fingerprint density at radius 3 is 2.63 bits per heavy atom. The highest BCUT2D eigenvalue weighted by Crippen LogP contribution is 2.36. The number of thiazole rings is 1. The minimum atomic E-state index is -0.143. The van der Waals surface area contributed by atoms with E-state index in [0.29, 0.717) is 41.4 Å². The van der Waals surface area contributed by atoms with E-state index in [2.05, 4.69) is 4.90 Å². The van der Waals surface area contributed by atoms with Crippen LogP contribution in [0.4, 0.5) is 5.13 Å². The number of morpholine rings is 1. The minimum absolute atomic E-state index is 0. The van der Waals surface area contributed by atoms with Crippen LogP contribution in [0, 0.1) is 6.92 Å². The second kappa shape index (κ2) is 12.6. The van der Waals surface area contributed by atoms with Crippen molar-refractivity contribution >= 4 is 62.7 Å². The molecule has 0 atom stereocenters. The Morgan fingerprint density at radius 1 is 1.20 bits per heavy atom. The van der Waals surface area contributed by atoms with Crippen LogP contribution in [0.1, 0.15) is 11.1 Å². The number of anilines is 1. The van der Waals surface area contributed by atoms with E-state index in [9.17, 15) is 4.79 Å². The van der Waals surface area contributed by atoms with Crippen LogP contribution in [-0.2, 0) is 9.53 Å². The molecular weight excluding hydrogens is 509 g/mol. The molecule has 0 spiro atoms. The topological polar surface area (TPSA) is 64.1 Å². The fourth-order valence-electron chi connectivity index (χ4n) is 3.79. The Balaban J connectivity index is 0.00000342. The molecule has 10 heteroatoms. The number of halogens is 2. The Hall–Kier alpha value is -2.36. The third-order valence-corrected chi connectivity index (χ3v) is 7.29. The molecular formula is C25H29Cl2N3O4S. The van der Waals surface area contributed by atoms with E-state index >= 15 is 0 Å². The van der Waals surface area contributed by atoms with E-state index in [4.69, 9.17) is 30.8 Å². The molecule has 0 radical (unpaired) electrons. The Bertz CT molecular complexity index is 1160. The van der Waals surface area contributed by atoms with Gasteiger partial charge in [0, 0.05) is 32.3 Å². The van der Waals surface area contributed by atoms with Crippen molar-refractivity contribution in [3.63, 3.8) is 0 Å². The number of nitrogens with zero attached hydrogens (tertiary/aromatic N) is 3. The number of ether oxygens (including phenoxy) is 3. The summed E-state index contributed by atoms with van der Waals surface area (Å²) in [5.41, 5.74) is 2.70. The standard InChI is InChI=1S/C25H28ClN3O4S.ClH/c1-17-4-7-19(26)24-23(17)27-25(34-24)29(11-10-28-12-14-33-15-13-28)22(30)9-6-18-5-8-20(31-2)21(16-18)32-3;/h4-9,16H,10-15H2,1-3H3;1H/b9-6+;. The van der Waals surface area contributed by atoms with Gasteiger partial charge in [0.1, 0.15) is 0 Å². The summed E-state index contributed by atoms with van der Waals surface area (Å²) in [5.74, 6) is 1.10. The van der Waals surface area contributed by atoms with Crippen LogP contribution in [0.5, 0.6) is 11.5 Å². The molecule has 4 rings (SSSR count). The summed E-state index contributed by atoms with van der Waals surface area (Å²) in [4.78, 5) is 22.2. The minimum Gasteiger partial charge on any atom is -0.493 e. The first-order valence-corrected chi connectivity index (χ1v) is 12.3. The molecule has 2 heterocycles. The molecule has 7 nitrogen and oxygen atoms in total. The lowest BCUT2D eigenvalue weighted by atomic mass is 10.2. The number of fused-ring (bicyclic) bond motifs is 1. The van der Waals surface area contributed by atoms with Crippen LogP contribution in [0.2, 0.25) is 5.02 Å². The first kappa shape index (κ1) is 27.2. The van der Waals surface area contributed by atoms with E-state index in [1.807, 2.05) is 37.3 Å². The van der Waals surface area contributed by atoms with Crippen LogP contribution in [0.25, 0.3) is 16.3 Å². The number of methoxy groups -OCH3 is 2. The maximum Gasteiger partial charge on any atom is 0.252 e. The molecule has 0 saturated carbocycles. The third kappa shape index (κ3) is 6.45. The molecule has 1 aliphatic rings. The number of carbonyl (C=O) groups is 1. The van der Waals surface area contributed by atoms with Gasteiger partial charge in [-0.1, -0.05) is 35.1 Å². The summed E-state index contributed by atoms with van der Waals surface area (Å²) in [7, 11) is 3.18. The van der Waals surface area contributed by atoms with Gasteiger partial charge in [-0.05, 0) is 42.3 Å². The van der Waals surface area contributed by atoms with Crippen molar-refractivity contribution in [2.45, 2.75) is 6.92 Å². The lowest BCUT2D eigenvalue weighted by molar-refractivity contribution is -0.114. The SMILES string of the molecule is COc1ccc(/C=C/C(=O)N(CCN2CCOCC2)c2nc3c(C)ccc(Cl)c3s2)cc1OC.Cl. The van der Waals surface area contributed by atoms with E-state index in [0.717, 1.165) is 41.0 Å². The number of benzene rings is 2. The summed E-state index contributed by atoms with van der Waals surface area (Å²) in [5, 5.41) is 1.28. The Labute approximate surface area is 220 Å². The zero-order valence-corrected chi connectivity index (χ0v) is 22.3. The van der Waals surface area contributed by atoms with Crippen LogP contribution in [0.3, 0.4) is 0 Å².